The molecule has 0 saturated carbocycles. The van der Waals surface area contributed by atoms with Crippen LogP contribution >= 0.6 is 27.3 Å². The van der Waals surface area contributed by atoms with E-state index in [1.54, 1.807) is 0 Å². The van der Waals surface area contributed by atoms with Crippen LogP contribution in [0.1, 0.15) is 23.6 Å². The maximum atomic E-state index is 5.34. The van der Waals surface area contributed by atoms with E-state index in [-0.39, 0.29) is 0 Å². The first-order valence-corrected chi connectivity index (χ1v) is 6.80. The Morgan fingerprint density at radius 1 is 1.60 bits per heavy atom. The summed E-state index contributed by atoms with van der Waals surface area (Å²) in [5.41, 5.74) is 0. The lowest BCUT2D eigenvalue weighted by molar-refractivity contribution is 0.127. The summed E-state index contributed by atoms with van der Waals surface area (Å²) >= 11 is 5.35. The molecule has 0 spiro atoms. The number of hydrogen-bond acceptors (Lipinski definition) is 3. The van der Waals surface area contributed by atoms with E-state index in [0.29, 0.717) is 6.04 Å². The molecular weight excluding hydrogens is 274 g/mol. The average molecular weight is 292 g/mol. The van der Waals surface area contributed by atoms with Gasteiger partial charge in [0.2, 0.25) is 0 Å². The fourth-order valence-corrected chi connectivity index (χ4v) is 2.79. The number of hydrogen-bond donors (Lipinski definition) is 1. The monoisotopic (exact) mass is 291 g/mol. The van der Waals surface area contributed by atoms with E-state index in [9.17, 15) is 0 Å². The van der Waals surface area contributed by atoms with Gasteiger partial charge in [0.25, 0.3) is 0 Å². The Bertz CT molecular complexity index is 281. The summed E-state index contributed by atoms with van der Waals surface area (Å²) < 4.78 is 6.55. The third-order valence-corrected chi connectivity index (χ3v) is 4.24. The molecule has 15 heavy (non-hydrogen) atoms. The van der Waals surface area contributed by atoms with E-state index < -0.39 is 0 Å². The molecule has 1 aromatic heterocycles. The molecule has 2 nitrogen and oxygen atoms in total. The summed E-state index contributed by atoms with van der Waals surface area (Å²) in [6.07, 6.45) is 0. The van der Waals surface area contributed by atoms with Crippen molar-refractivity contribution in [2.24, 2.45) is 0 Å². The van der Waals surface area contributed by atoms with Gasteiger partial charge in [0.05, 0.1) is 6.61 Å². The first kappa shape index (κ1) is 13.2. The minimum Gasteiger partial charge on any atom is -0.380 e. The highest BCUT2D eigenvalue weighted by Gasteiger charge is 2.05. The molecule has 0 aliphatic carbocycles. The van der Waals surface area contributed by atoms with Crippen molar-refractivity contribution < 1.29 is 4.74 Å². The fourth-order valence-electron chi connectivity index (χ4n) is 1.23. The summed E-state index contributed by atoms with van der Waals surface area (Å²) in [5.74, 6) is 0. The molecule has 0 aromatic carbocycles. The molecular formula is C11H18BrNOS. The normalized spacial score (nSPS) is 13.1. The molecule has 1 unspecified atom stereocenters. The van der Waals surface area contributed by atoms with Gasteiger partial charge in [-0.15, -0.1) is 11.3 Å². The Morgan fingerprint density at radius 2 is 2.33 bits per heavy atom. The highest BCUT2D eigenvalue weighted by Crippen LogP contribution is 2.26. The van der Waals surface area contributed by atoms with Crippen LogP contribution in [0.4, 0.5) is 0 Å². The number of nitrogens with one attached hydrogen (secondary N) is 1. The second kappa shape index (κ2) is 6.63. The molecule has 0 aliphatic heterocycles. The Labute approximate surface area is 104 Å². The zero-order valence-corrected chi connectivity index (χ0v) is 11.9. The van der Waals surface area contributed by atoms with E-state index in [1.165, 1.54) is 14.2 Å². The first-order valence-electron chi connectivity index (χ1n) is 5.19. The van der Waals surface area contributed by atoms with Gasteiger partial charge in [-0.2, -0.15) is 0 Å². The zero-order chi connectivity index (χ0) is 11.3. The van der Waals surface area contributed by atoms with Crippen molar-refractivity contribution in [3.8, 4) is 0 Å². The minimum atomic E-state index is 0.408. The SMILES string of the molecule is CCOCC(C)NCc1cc(Br)c(C)s1. The maximum absolute atomic E-state index is 5.34. The van der Waals surface area contributed by atoms with Crippen molar-refractivity contribution in [3.05, 3.63) is 20.3 Å². The van der Waals surface area contributed by atoms with Gasteiger partial charge in [0, 0.05) is 33.4 Å². The molecule has 0 amide bonds. The molecule has 1 rings (SSSR count). The predicted octanol–water partition coefficient (Wildman–Crippen LogP) is 3.33. The lowest BCUT2D eigenvalue weighted by Gasteiger charge is -2.12. The zero-order valence-electron chi connectivity index (χ0n) is 9.47. The molecule has 1 heterocycles. The summed E-state index contributed by atoms with van der Waals surface area (Å²) in [7, 11) is 0. The van der Waals surface area contributed by atoms with Gasteiger partial charge >= 0.3 is 0 Å². The average Bonchev–Trinajstić information content (AvgIpc) is 2.52. The highest BCUT2D eigenvalue weighted by molar-refractivity contribution is 9.10. The van der Waals surface area contributed by atoms with E-state index in [4.69, 9.17) is 4.74 Å². The molecule has 1 N–H and O–H groups in total. The van der Waals surface area contributed by atoms with Gasteiger partial charge in [0.1, 0.15) is 0 Å². The Hall–Kier alpha value is 0.1000. The van der Waals surface area contributed by atoms with Gasteiger partial charge in [-0.1, -0.05) is 0 Å². The smallest absolute Gasteiger partial charge is 0.0616 e. The molecule has 0 fully saturated rings. The number of halogens is 1. The van der Waals surface area contributed by atoms with Crippen LogP contribution in [0.2, 0.25) is 0 Å². The van der Waals surface area contributed by atoms with Crippen molar-refractivity contribution in [1.29, 1.82) is 0 Å². The van der Waals surface area contributed by atoms with Gasteiger partial charge < -0.3 is 10.1 Å². The van der Waals surface area contributed by atoms with Crippen molar-refractivity contribution in [2.45, 2.75) is 33.4 Å². The van der Waals surface area contributed by atoms with Crippen LogP contribution in [0.15, 0.2) is 10.5 Å². The quantitative estimate of drug-likeness (QED) is 0.868. The van der Waals surface area contributed by atoms with Crippen molar-refractivity contribution in [2.75, 3.05) is 13.2 Å². The fraction of sp³-hybridized carbons (Fsp3) is 0.636. The third-order valence-electron chi connectivity index (χ3n) is 2.10. The number of aryl methyl sites for hydroxylation is 1. The second-order valence-electron chi connectivity index (χ2n) is 3.56. The minimum absolute atomic E-state index is 0.408. The van der Waals surface area contributed by atoms with Crippen molar-refractivity contribution in [3.63, 3.8) is 0 Å². The van der Waals surface area contributed by atoms with Crippen LogP contribution in [0.5, 0.6) is 0 Å². The Morgan fingerprint density at radius 3 is 2.87 bits per heavy atom. The van der Waals surface area contributed by atoms with Crippen molar-refractivity contribution >= 4 is 27.3 Å². The third kappa shape index (κ3) is 4.64. The maximum Gasteiger partial charge on any atom is 0.0616 e. The molecule has 1 atom stereocenters. The van der Waals surface area contributed by atoms with Crippen LogP contribution in [0.3, 0.4) is 0 Å². The predicted molar refractivity (Wildman–Crippen MR) is 69.6 cm³/mol. The molecule has 4 heteroatoms. The molecule has 0 aliphatic rings. The number of ether oxygens (including phenoxy) is 1. The van der Waals surface area contributed by atoms with Crippen LogP contribution in [-0.2, 0) is 11.3 Å². The van der Waals surface area contributed by atoms with E-state index in [2.05, 4.69) is 41.2 Å². The molecule has 0 radical (unpaired) electrons. The largest absolute Gasteiger partial charge is 0.380 e. The molecule has 1 aromatic rings. The van der Waals surface area contributed by atoms with E-state index in [1.807, 2.05) is 18.3 Å². The van der Waals surface area contributed by atoms with Gasteiger partial charge in [-0.05, 0) is 42.8 Å². The first-order chi connectivity index (χ1) is 7.13. The standard InChI is InChI=1S/C11H18BrNOS/c1-4-14-7-8(2)13-6-10-5-11(12)9(3)15-10/h5,8,13H,4,6-7H2,1-3H3. The summed E-state index contributed by atoms with van der Waals surface area (Å²) in [6, 6.07) is 2.59. The van der Waals surface area contributed by atoms with Crippen molar-refractivity contribution in [1.82, 2.24) is 5.32 Å². The lowest BCUT2D eigenvalue weighted by atomic mass is 10.3. The van der Waals surface area contributed by atoms with Crippen LogP contribution in [-0.4, -0.2) is 19.3 Å². The van der Waals surface area contributed by atoms with Crippen LogP contribution in [0.25, 0.3) is 0 Å². The summed E-state index contributed by atoms with van der Waals surface area (Å²) in [4.78, 5) is 2.70. The van der Waals surface area contributed by atoms with E-state index >= 15 is 0 Å². The number of thiophene rings is 1. The number of rotatable bonds is 6. The summed E-state index contributed by atoms with van der Waals surface area (Å²) in [6.45, 7) is 8.78. The second-order valence-corrected chi connectivity index (χ2v) is 5.75. The van der Waals surface area contributed by atoms with Gasteiger partial charge in [0.15, 0.2) is 0 Å². The van der Waals surface area contributed by atoms with Crippen LogP contribution < -0.4 is 5.32 Å². The van der Waals surface area contributed by atoms with E-state index in [0.717, 1.165) is 19.8 Å². The van der Waals surface area contributed by atoms with Crippen LogP contribution in [0, 0.1) is 6.92 Å². The topological polar surface area (TPSA) is 21.3 Å². The Kier molecular flexibility index (Phi) is 5.82. The molecule has 0 saturated heterocycles. The molecule has 0 bridgehead atoms. The Balaban J connectivity index is 2.30. The van der Waals surface area contributed by atoms with Gasteiger partial charge in [-0.3, -0.25) is 0 Å². The summed E-state index contributed by atoms with van der Waals surface area (Å²) in [5, 5.41) is 3.44. The van der Waals surface area contributed by atoms with Gasteiger partial charge in [-0.25, -0.2) is 0 Å². The lowest BCUT2D eigenvalue weighted by Crippen LogP contribution is -2.29. The molecule has 86 valence electrons. The highest BCUT2D eigenvalue weighted by atomic mass is 79.9.